The predicted molar refractivity (Wildman–Crippen MR) is 193 cm³/mol. The maximum absolute atomic E-state index is 13.1. The number of H-pyrrole nitrogens is 1. The van der Waals surface area contributed by atoms with Gasteiger partial charge in [-0.1, -0.05) is 54.1 Å². The monoisotopic (exact) mass is 676 g/mol. The number of amides is 1. The van der Waals surface area contributed by atoms with E-state index < -0.39 is 5.56 Å². The van der Waals surface area contributed by atoms with Gasteiger partial charge in [0.1, 0.15) is 10.7 Å². The van der Waals surface area contributed by atoms with E-state index in [9.17, 15) is 14.4 Å². The largest absolute Gasteiger partial charge is 0.493 e. The van der Waals surface area contributed by atoms with Crippen LogP contribution in [0.25, 0.3) is 12.2 Å². The highest BCUT2D eigenvalue weighted by molar-refractivity contribution is 6.32. The van der Waals surface area contributed by atoms with Crippen LogP contribution >= 0.6 is 11.6 Å². The number of hydrogen-bond acceptors (Lipinski definition) is 6. The lowest BCUT2D eigenvalue weighted by Crippen LogP contribution is -2.52. The van der Waals surface area contributed by atoms with Crippen LogP contribution in [0, 0.1) is 0 Å². The minimum Gasteiger partial charge on any atom is -0.493 e. The summed E-state index contributed by atoms with van der Waals surface area (Å²) in [7, 11) is 4.87. The molecule has 1 aliphatic heterocycles. The van der Waals surface area contributed by atoms with Gasteiger partial charge >= 0.3 is 0 Å². The summed E-state index contributed by atoms with van der Waals surface area (Å²) in [5, 5.41) is 3.75. The maximum Gasteiger partial charge on any atom is 0.274 e. The van der Waals surface area contributed by atoms with E-state index in [1.807, 2.05) is 24.3 Å². The van der Waals surface area contributed by atoms with E-state index in [1.165, 1.54) is 21.3 Å². The van der Waals surface area contributed by atoms with Crippen LogP contribution in [-0.2, 0) is 26.4 Å². The Balaban J connectivity index is 1.07. The Morgan fingerprint density at radius 1 is 0.918 bits per heavy atom. The van der Waals surface area contributed by atoms with Gasteiger partial charge in [0.15, 0.2) is 11.5 Å². The van der Waals surface area contributed by atoms with Crippen LogP contribution in [0.3, 0.4) is 0 Å². The van der Waals surface area contributed by atoms with E-state index in [0.717, 1.165) is 44.0 Å². The molecule has 2 N–H and O–H groups in total. The lowest BCUT2D eigenvalue weighted by molar-refractivity contribution is 0.102. The first kappa shape index (κ1) is 33.5. The van der Waals surface area contributed by atoms with Crippen LogP contribution in [0.15, 0.2) is 94.5 Å². The number of halogens is 1. The molecule has 1 aliphatic rings. The topological polar surface area (TPSA) is 106 Å². The van der Waals surface area contributed by atoms with Gasteiger partial charge in [-0.15, -0.1) is 0 Å². The number of anilines is 1. The number of ether oxygens (including phenoxy) is 2. The Hall–Kier alpha value is -5.38. The molecule has 250 valence electrons. The molecule has 0 saturated carbocycles. The molecule has 9 nitrogen and oxygen atoms in total. The number of fused-ring (bicyclic) bond motifs is 1. The molecule has 1 aromatic heterocycles. The number of nitrogens with zero attached hydrogens (tertiary/aromatic N) is 2. The average molecular weight is 677 g/mol. The molecule has 10 heteroatoms. The molecule has 0 aliphatic carbocycles. The molecule has 49 heavy (non-hydrogen) atoms. The second kappa shape index (κ2) is 14.8. The second-order valence-corrected chi connectivity index (χ2v) is 12.4. The summed E-state index contributed by atoms with van der Waals surface area (Å²) in [4.78, 5) is 44.0. The van der Waals surface area contributed by atoms with Crippen LogP contribution in [0.2, 0.25) is 5.02 Å². The molecule has 0 atom stereocenters. The van der Waals surface area contributed by atoms with Crippen LogP contribution in [-0.4, -0.2) is 47.7 Å². The quantitative estimate of drug-likeness (QED) is 0.242. The van der Waals surface area contributed by atoms with Crippen molar-refractivity contribution in [3.05, 3.63) is 155 Å². The number of hydrogen-bond donors (Lipinski definition) is 2. The van der Waals surface area contributed by atoms with Crippen molar-refractivity contribution in [3.8, 4) is 11.5 Å². The average Bonchev–Trinajstić information content (AvgIpc) is 3.12. The number of aromatic amines is 1. The molecule has 1 amide bonds. The number of benzene rings is 4. The molecule has 0 saturated heterocycles. The van der Waals surface area contributed by atoms with Gasteiger partial charge in [0.2, 0.25) is 0 Å². The van der Waals surface area contributed by atoms with Crippen molar-refractivity contribution in [2.75, 3.05) is 32.6 Å². The summed E-state index contributed by atoms with van der Waals surface area (Å²) in [6, 6.07) is 26.0. The lowest BCUT2D eigenvalue weighted by Gasteiger charge is -2.29. The number of nitrogens with one attached hydrogen (secondary N) is 2. The molecule has 0 unspecified atom stereocenters. The van der Waals surface area contributed by atoms with E-state index >= 15 is 0 Å². The van der Waals surface area contributed by atoms with E-state index in [0.29, 0.717) is 27.4 Å². The SMILES string of the molecule is COc1cc2c(cc1OC)CN(CCc1ccc(NC(=O)c3ccc(/C=c4\[nH]c(=O)/c(=C/c5ccccc5Cl)n(C)c4=O)cc3)cc1)CC2. The molecule has 0 radical (unpaired) electrons. The van der Waals surface area contributed by atoms with Gasteiger partial charge in [0.05, 0.1) is 14.2 Å². The van der Waals surface area contributed by atoms with Crippen LogP contribution in [0.1, 0.15) is 38.2 Å². The van der Waals surface area contributed by atoms with Crippen molar-refractivity contribution in [3.63, 3.8) is 0 Å². The number of rotatable bonds is 9. The standard InChI is InChI=1S/C39H37ClN4O5/c1-43-34(21-29-6-4-5-7-32(29)40)38(46)42-33(39(43)47)20-26-8-12-27(13-9-26)37(45)41-31-14-10-25(11-15-31)16-18-44-19-17-28-22-35(48-2)36(49-3)23-30(28)24-44/h4-15,20-23H,16-19,24H2,1-3H3,(H,41,45)(H,42,46)/b33-20-,34-21-. The van der Waals surface area contributed by atoms with E-state index in [4.69, 9.17) is 21.1 Å². The molecule has 0 fully saturated rings. The summed E-state index contributed by atoms with van der Waals surface area (Å²) < 4.78 is 12.2. The highest BCUT2D eigenvalue weighted by atomic mass is 35.5. The van der Waals surface area contributed by atoms with Crippen molar-refractivity contribution in [1.29, 1.82) is 0 Å². The molecule has 0 bridgehead atoms. The van der Waals surface area contributed by atoms with E-state index in [1.54, 1.807) is 82.0 Å². The Kier molecular flexibility index (Phi) is 10.1. The summed E-state index contributed by atoms with van der Waals surface area (Å²) in [6.45, 7) is 2.77. The molecule has 2 heterocycles. The normalized spacial score (nSPS) is 13.6. The third-order valence-corrected chi connectivity index (χ3v) is 9.13. The third-order valence-electron chi connectivity index (χ3n) is 8.78. The molecule has 5 aromatic rings. The first-order valence-electron chi connectivity index (χ1n) is 16.0. The fourth-order valence-corrected chi connectivity index (χ4v) is 6.15. The maximum atomic E-state index is 13.1. The van der Waals surface area contributed by atoms with Gasteiger partial charge in [-0.25, -0.2) is 0 Å². The summed E-state index contributed by atoms with van der Waals surface area (Å²) >= 11 is 6.23. The first-order chi connectivity index (χ1) is 23.7. The zero-order valence-corrected chi connectivity index (χ0v) is 28.3. The van der Waals surface area contributed by atoms with E-state index in [-0.39, 0.29) is 22.2 Å². The van der Waals surface area contributed by atoms with Gasteiger partial charge in [0, 0.05) is 43.0 Å². The summed E-state index contributed by atoms with van der Waals surface area (Å²) in [5.74, 6) is 1.28. The Morgan fingerprint density at radius 2 is 1.61 bits per heavy atom. The number of methoxy groups -OCH3 is 2. The fraction of sp³-hybridized carbons (Fsp3) is 0.205. The van der Waals surface area contributed by atoms with Crippen molar-refractivity contribution in [2.24, 2.45) is 7.05 Å². The van der Waals surface area contributed by atoms with Gasteiger partial charge < -0.3 is 24.3 Å². The molecule has 4 aromatic carbocycles. The molecule has 6 rings (SSSR count). The minimum absolute atomic E-state index is 0.132. The van der Waals surface area contributed by atoms with Crippen LogP contribution in [0.4, 0.5) is 5.69 Å². The highest BCUT2D eigenvalue weighted by Crippen LogP contribution is 2.33. The second-order valence-electron chi connectivity index (χ2n) is 12.0. The minimum atomic E-state index is -0.421. The smallest absolute Gasteiger partial charge is 0.274 e. The van der Waals surface area contributed by atoms with Gasteiger partial charge in [-0.2, -0.15) is 0 Å². The van der Waals surface area contributed by atoms with Crippen molar-refractivity contribution < 1.29 is 14.3 Å². The third kappa shape index (κ3) is 7.69. The van der Waals surface area contributed by atoms with Crippen LogP contribution < -0.4 is 36.6 Å². The Morgan fingerprint density at radius 3 is 2.31 bits per heavy atom. The first-order valence-corrected chi connectivity index (χ1v) is 16.3. The lowest BCUT2D eigenvalue weighted by atomic mass is 9.98. The van der Waals surface area contributed by atoms with Gasteiger partial charge in [-0.05, 0) is 95.3 Å². The van der Waals surface area contributed by atoms with Crippen molar-refractivity contribution in [2.45, 2.75) is 19.4 Å². The molecular formula is C39H37ClN4O5. The Labute approximate surface area is 288 Å². The number of aromatic nitrogens is 2. The summed E-state index contributed by atoms with van der Waals surface area (Å²) in [6.07, 6.45) is 5.03. The highest BCUT2D eigenvalue weighted by Gasteiger charge is 2.19. The number of carbonyl (C=O) groups is 1. The Bertz CT molecular complexity index is 2240. The van der Waals surface area contributed by atoms with Crippen molar-refractivity contribution in [1.82, 2.24) is 14.5 Å². The van der Waals surface area contributed by atoms with Gasteiger partial charge in [0.25, 0.3) is 17.0 Å². The zero-order chi connectivity index (χ0) is 34.5. The van der Waals surface area contributed by atoms with Crippen LogP contribution in [0.5, 0.6) is 11.5 Å². The molecular weight excluding hydrogens is 640 g/mol. The number of carbonyl (C=O) groups excluding carboxylic acids is 1. The van der Waals surface area contributed by atoms with Gasteiger partial charge in [-0.3, -0.25) is 19.3 Å². The molecule has 0 spiro atoms. The predicted octanol–water partition coefficient (Wildman–Crippen LogP) is 4.25. The fourth-order valence-electron chi connectivity index (χ4n) is 5.96. The van der Waals surface area contributed by atoms with Crippen molar-refractivity contribution >= 4 is 35.3 Å². The summed E-state index contributed by atoms with van der Waals surface area (Å²) in [5.41, 5.74) is 5.43. The van der Waals surface area contributed by atoms with E-state index in [2.05, 4.69) is 27.3 Å². The zero-order valence-electron chi connectivity index (χ0n) is 27.6.